The molecule has 0 aliphatic carbocycles. The van der Waals surface area contributed by atoms with Crippen LogP contribution in [0.15, 0.2) is 48.5 Å². The molecular weight excluding hydrogens is 330 g/mol. The molecule has 1 unspecified atom stereocenters. The van der Waals surface area contributed by atoms with Crippen LogP contribution in [-0.2, 0) is 11.3 Å². The third-order valence-electron chi connectivity index (χ3n) is 4.55. The van der Waals surface area contributed by atoms with E-state index in [1.807, 2.05) is 24.3 Å². The number of methoxy groups -OCH3 is 1. The molecule has 138 valence electrons. The summed E-state index contributed by atoms with van der Waals surface area (Å²) in [5, 5.41) is 8.94. The largest absolute Gasteiger partial charge is 0.497 e. The zero-order chi connectivity index (χ0) is 19.1. The van der Waals surface area contributed by atoms with E-state index in [-0.39, 0.29) is 17.4 Å². The molecule has 1 atom stereocenters. The number of amides is 1. The molecule has 0 radical (unpaired) electrons. The second kappa shape index (κ2) is 9.04. The van der Waals surface area contributed by atoms with Crippen LogP contribution in [-0.4, -0.2) is 36.0 Å². The third-order valence-corrected chi connectivity index (χ3v) is 4.55. The maximum absolute atomic E-state index is 12.6. The summed E-state index contributed by atoms with van der Waals surface area (Å²) < 4.78 is 5.18. The third kappa shape index (κ3) is 5.09. The van der Waals surface area contributed by atoms with Gasteiger partial charge < -0.3 is 14.7 Å². The lowest BCUT2D eigenvalue weighted by Crippen LogP contribution is -2.27. The Labute approximate surface area is 154 Å². The average Bonchev–Trinajstić information content (AvgIpc) is 2.66. The van der Waals surface area contributed by atoms with Gasteiger partial charge in [0.25, 0.3) is 0 Å². The first-order valence-electron chi connectivity index (χ1n) is 8.64. The van der Waals surface area contributed by atoms with Gasteiger partial charge in [-0.25, -0.2) is 4.79 Å². The number of hydrogen-bond acceptors (Lipinski definition) is 3. The highest BCUT2D eigenvalue weighted by atomic mass is 16.5. The van der Waals surface area contributed by atoms with Crippen LogP contribution in [0.2, 0.25) is 0 Å². The van der Waals surface area contributed by atoms with Crippen LogP contribution in [0.4, 0.5) is 0 Å². The highest BCUT2D eigenvalue weighted by Gasteiger charge is 2.18. The van der Waals surface area contributed by atoms with Crippen molar-refractivity contribution in [3.63, 3.8) is 0 Å². The minimum absolute atomic E-state index is 0.0648. The molecule has 0 aromatic heterocycles. The van der Waals surface area contributed by atoms with Crippen molar-refractivity contribution >= 4 is 11.9 Å². The van der Waals surface area contributed by atoms with E-state index in [4.69, 9.17) is 9.84 Å². The van der Waals surface area contributed by atoms with Gasteiger partial charge in [0.05, 0.1) is 12.7 Å². The Balaban J connectivity index is 1.98. The average molecular weight is 355 g/mol. The van der Waals surface area contributed by atoms with Gasteiger partial charge in [-0.3, -0.25) is 4.79 Å². The molecule has 1 amide bonds. The maximum Gasteiger partial charge on any atom is 0.335 e. The van der Waals surface area contributed by atoms with Crippen molar-refractivity contribution in [1.82, 2.24) is 4.90 Å². The predicted octanol–water partition coefficient (Wildman–Crippen LogP) is 3.94. The molecule has 0 aliphatic heterocycles. The van der Waals surface area contributed by atoms with Crippen molar-refractivity contribution in [3.8, 4) is 5.75 Å². The van der Waals surface area contributed by atoms with Crippen LogP contribution < -0.4 is 4.74 Å². The Kier molecular flexibility index (Phi) is 6.78. The van der Waals surface area contributed by atoms with E-state index in [2.05, 4.69) is 6.92 Å². The second-order valence-electron chi connectivity index (χ2n) is 6.33. The normalized spacial score (nSPS) is 11.7. The molecule has 0 fully saturated rings. The summed E-state index contributed by atoms with van der Waals surface area (Å²) in [5.41, 5.74) is 2.28. The molecule has 0 saturated heterocycles. The Morgan fingerprint density at radius 2 is 1.69 bits per heavy atom. The number of aromatic carboxylic acids is 1. The molecule has 0 spiro atoms. The van der Waals surface area contributed by atoms with Crippen LogP contribution in [0.5, 0.6) is 5.75 Å². The number of carboxylic acids is 1. The lowest BCUT2D eigenvalue weighted by molar-refractivity contribution is -0.130. The van der Waals surface area contributed by atoms with E-state index in [1.165, 1.54) is 0 Å². The molecular formula is C21H25NO4. The smallest absolute Gasteiger partial charge is 0.335 e. The van der Waals surface area contributed by atoms with Crippen LogP contribution in [0.25, 0.3) is 0 Å². The summed E-state index contributed by atoms with van der Waals surface area (Å²) >= 11 is 0. The first-order chi connectivity index (χ1) is 12.4. The fraction of sp³-hybridized carbons (Fsp3) is 0.333. The quantitative estimate of drug-likeness (QED) is 0.779. The zero-order valence-electron chi connectivity index (χ0n) is 15.4. The summed E-state index contributed by atoms with van der Waals surface area (Å²) in [6, 6.07) is 14.4. The lowest BCUT2D eigenvalue weighted by Gasteiger charge is -2.21. The number of ether oxygens (including phenoxy) is 1. The van der Waals surface area contributed by atoms with Gasteiger partial charge in [-0.2, -0.15) is 0 Å². The highest BCUT2D eigenvalue weighted by Crippen LogP contribution is 2.26. The molecule has 26 heavy (non-hydrogen) atoms. The molecule has 5 heteroatoms. The summed E-state index contributed by atoms with van der Waals surface area (Å²) in [6.07, 6.45) is 1.31. The first-order valence-corrected chi connectivity index (χ1v) is 8.64. The fourth-order valence-corrected chi connectivity index (χ4v) is 2.86. The van der Waals surface area contributed by atoms with Crippen molar-refractivity contribution in [2.24, 2.45) is 0 Å². The molecule has 0 aliphatic rings. The second-order valence-corrected chi connectivity index (χ2v) is 6.33. The Morgan fingerprint density at radius 1 is 1.08 bits per heavy atom. The van der Waals surface area contributed by atoms with E-state index in [0.717, 1.165) is 23.3 Å². The molecule has 0 heterocycles. The van der Waals surface area contributed by atoms with Gasteiger partial charge in [0.1, 0.15) is 5.75 Å². The number of benzene rings is 2. The van der Waals surface area contributed by atoms with Gasteiger partial charge in [0.15, 0.2) is 0 Å². The van der Waals surface area contributed by atoms with E-state index in [0.29, 0.717) is 13.0 Å². The molecule has 5 nitrogen and oxygen atoms in total. The maximum atomic E-state index is 12.6. The van der Waals surface area contributed by atoms with E-state index in [1.54, 1.807) is 43.3 Å². The van der Waals surface area contributed by atoms with E-state index >= 15 is 0 Å². The van der Waals surface area contributed by atoms with Crippen molar-refractivity contribution in [2.75, 3.05) is 14.2 Å². The van der Waals surface area contributed by atoms with E-state index in [9.17, 15) is 9.59 Å². The number of nitrogens with zero attached hydrogens (tertiary/aromatic N) is 1. The molecule has 0 saturated carbocycles. The van der Waals surface area contributed by atoms with Gasteiger partial charge in [0.2, 0.25) is 5.91 Å². The first kappa shape index (κ1) is 19.5. The topological polar surface area (TPSA) is 66.8 Å². The van der Waals surface area contributed by atoms with Gasteiger partial charge >= 0.3 is 5.97 Å². The van der Waals surface area contributed by atoms with Crippen molar-refractivity contribution in [1.29, 1.82) is 0 Å². The molecule has 1 N–H and O–H groups in total. The van der Waals surface area contributed by atoms with Gasteiger partial charge in [-0.05, 0) is 47.7 Å². The SMILES string of the molecule is CCC(CC(=O)N(C)Cc1ccc(C(=O)O)cc1)c1ccc(OC)cc1. The standard InChI is InChI=1S/C21H25NO4/c1-4-16(17-9-11-19(26-3)12-10-17)13-20(23)22(2)14-15-5-7-18(8-6-15)21(24)25/h5-12,16H,4,13-14H2,1-3H3,(H,24,25). The molecule has 0 bridgehead atoms. The molecule has 2 aromatic carbocycles. The zero-order valence-corrected chi connectivity index (χ0v) is 15.4. The molecule has 2 aromatic rings. The Morgan fingerprint density at radius 3 is 2.19 bits per heavy atom. The monoisotopic (exact) mass is 355 g/mol. The summed E-state index contributed by atoms with van der Waals surface area (Å²) in [5.74, 6) is 0.0725. The van der Waals surface area contributed by atoms with Crippen LogP contribution in [0.3, 0.4) is 0 Å². The van der Waals surface area contributed by atoms with E-state index < -0.39 is 5.97 Å². The number of hydrogen-bond donors (Lipinski definition) is 1. The number of carbonyl (C=O) groups is 2. The van der Waals surface area contributed by atoms with Gasteiger partial charge in [0, 0.05) is 20.0 Å². The van der Waals surface area contributed by atoms with Crippen molar-refractivity contribution in [2.45, 2.75) is 32.2 Å². The minimum Gasteiger partial charge on any atom is -0.497 e. The van der Waals surface area contributed by atoms with Crippen molar-refractivity contribution in [3.05, 3.63) is 65.2 Å². The number of rotatable bonds is 8. The molecule has 2 rings (SSSR count). The van der Waals surface area contributed by atoms with Crippen LogP contribution in [0.1, 0.15) is 47.2 Å². The van der Waals surface area contributed by atoms with Crippen molar-refractivity contribution < 1.29 is 19.4 Å². The minimum atomic E-state index is -0.953. The fourth-order valence-electron chi connectivity index (χ4n) is 2.86. The highest BCUT2D eigenvalue weighted by molar-refractivity contribution is 5.87. The Hall–Kier alpha value is -2.82. The predicted molar refractivity (Wildman–Crippen MR) is 101 cm³/mol. The lowest BCUT2D eigenvalue weighted by atomic mass is 9.92. The van der Waals surface area contributed by atoms with Gasteiger partial charge in [-0.15, -0.1) is 0 Å². The summed E-state index contributed by atoms with van der Waals surface area (Å²) in [4.78, 5) is 25.2. The summed E-state index contributed by atoms with van der Waals surface area (Å²) in [7, 11) is 3.40. The van der Waals surface area contributed by atoms with Crippen LogP contribution >= 0.6 is 0 Å². The number of carboxylic acid groups (broad SMARTS) is 1. The van der Waals surface area contributed by atoms with Gasteiger partial charge in [-0.1, -0.05) is 31.2 Å². The van der Waals surface area contributed by atoms with Crippen LogP contribution in [0, 0.1) is 0 Å². The summed E-state index contributed by atoms with van der Waals surface area (Å²) in [6.45, 7) is 2.53. The number of carbonyl (C=O) groups excluding carboxylic acids is 1. The Bertz CT molecular complexity index is 738.